The van der Waals surface area contributed by atoms with Crippen LogP contribution in [0.5, 0.6) is 0 Å². The van der Waals surface area contributed by atoms with Crippen molar-refractivity contribution >= 4 is 11.9 Å². The van der Waals surface area contributed by atoms with E-state index in [1.54, 1.807) is 0 Å². The van der Waals surface area contributed by atoms with Crippen LogP contribution < -0.4 is 0 Å². The summed E-state index contributed by atoms with van der Waals surface area (Å²) in [5.74, 6) is -4.09. The molecule has 1 unspecified atom stereocenters. The minimum atomic E-state index is -5.28. The van der Waals surface area contributed by atoms with Gasteiger partial charge in [-0.1, -0.05) is 0 Å². The summed E-state index contributed by atoms with van der Waals surface area (Å²) in [7, 11) is 0. The molecule has 1 fully saturated rings. The predicted octanol–water partition coefficient (Wildman–Crippen LogP) is 1.91. The Kier molecular flexibility index (Phi) is 4.50. The predicted molar refractivity (Wildman–Crippen MR) is 64.6 cm³/mol. The molecule has 134 valence electrons. The highest BCUT2D eigenvalue weighted by Gasteiger charge is 2.51. The molecule has 1 heterocycles. The van der Waals surface area contributed by atoms with Crippen LogP contribution in [0.25, 0.3) is 0 Å². The standard InChI is InChI=1S/C12H11F6N3O3/c13-11(14,15)8-3-4-20(19-8)5-7(9(22)23)21(6-1-2-6)10(24)12(16,17)18/h3-4,6-7H,1-2,5H2,(H,22,23). The Morgan fingerprint density at radius 1 is 1.29 bits per heavy atom. The van der Waals surface area contributed by atoms with Crippen LogP contribution in [0, 0.1) is 0 Å². The zero-order valence-electron chi connectivity index (χ0n) is 11.8. The average Bonchev–Trinajstić information content (AvgIpc) is 3.12. The molecule has 1 N–H and O–H groups in total. The van der Waals surface area contributed by atoms with E-state index in [1.165, 1.54) is 0 Å². The number of amides is 1. The number of carbonyl (C=O) groups is 2. The van der Waals surface area contributed by atoms with Crippen LogP contribution in [0.1, 0.15) is 18.5 Å². The molecule has 2 rings (SSSR count). The zero-order chi connectivity index (χ0) is 18.3. The summed E-state index contributed by atoms with van der Waals surface area (Å²) in [6.07, 6.45) is -8.88. The topological polar surface area (TPSA) is 75.4 Å². The van der Waals surface area contributed by atoms with Gasteiger partial charge in [-0.25, -0.2) is 4.79 Å². The highest BCUT2D eigenvalue weighted by molar-refractivity contribution is 5.87. The summed E-state index contributed by atoms with van der Waals surface area (Å²) in [4.78, 5) is 22.9. The van der Waals surface area contributed by atoms with Gasteiger partial charge in [0.05, 0.1) is 6.54 Å². The molecule has 1 atom stereocenters. The second-order valence-corrected chi connectivity index (χ2v) is 5.22. The van der Waals surface area contributed by atoms with E-state index in [0.29, 0.717) is 10.7 Å². The maximum Gasteiger partial charge on any atom is 0.471 e. The molecule has 12 heteroatoms. The van der Waals surface area contributed by atoms with Gasteiger partial charge in [0, 0.05) is 12.2 Å². The second-order valence-electron chi connectivity index (χ2n) is 5.22. The molecule has 0 spiro atoms. The lowest BCUT2D eigenvalue weighted by molar-refractivity contribution is -0.191. The van der Waals surface area contributed by atoms with Gasteiger partial charge in [-0.05, 0) is 18.9 Å². The maximum atomic E-state index is 12.7. The number of aromatic nitrogens is 2. The number of nitrogens with zero attached hydrogens (tertiary/aromatic N) is 3. The smallest absolute Gasteiger partial charge is 0.471 e. The van der Waals surface area contributed by atoms with Gasteiger partial charge in [0.25, 0.3) is 0 Å². The summed E-state index contributed by atoms with van der Waals surface area (Å²) < 4.78 is 75.9. The van der Waals surface area contributed by atoms with Crippen molar-refractivity contribution in [1.82, 2.24) is 14.7 Å². The van der Waals surface area contributed by atoms with Gasteiger partial charge >= 0.3 is 24.2 Å². The number of alkyl halides is 6. The van der Waals surface area contributed by atoms with Gasteiger partial charge < -0.3 is 10.0 Å². The highest BCUT2D eigenvalue weighted by atomic mass is 19.4. The number of hydrogen-bond acceptors (Lipinski definition) is 3. The lowest BCUT2D eigenvalue weighted by atomic mass is 10.2. The molecule has 0 bridgehead atoms. The number of carbonyl (C=O) groups excluding carboxylic acids is 1. The van der Waals surface area contributed by atoms with E-state index in [2.05, 4.69) is 5.10 Å². The van der Waals surface area contributed by atoms with Gasteiger partial charge in [-0.2, -0.15) is 31.4 Å². The van der Waals surface area contributed by atoms with Crippen molar-refractivity contribution in [2.75, 3.05) is 0 Å². The molecule has 0 aromatic carbocycles. The van der Waals surface area contributed by atoms with Crippen LogP contribution in [0.2, 0.25) is 0 Å². The van der Waals surface area contributed by atoms with E-state index in [1.807, 2.05) is 0 Å². The molecule has 1 aliphatic carbocycles. The number of hydrogen-bond donors (Lipinski definition) is 1. The van der Waals surface area contributed by atoms with Gasteiger partial charge in [0.15, 0.2) is 5.69 Å². The molecule has 0 radical (unpaired) electrons. The normalized spacial score (nSPS) is 16.8. The van der Waals surface area contributed by atoms with Crippen LogP contribution in [0.3, 0.4) is 0 Å². The zero-order valence-corrected chi connectivity index (χ0v) is 11.8. The van der Waals surface area contributed by atoms with E-state index in [9.17, 15) is 35.9 Å². The molecule has 1 saturated carbocycles. The minimum absolute atomic E-state index is 0.164. The highest BCUT2D eigenvalue weighted by Crippen LogP contribution is 2.33. The SMILES string of the molecule is O=C(O)C(Cn1ccc(C(F)(F)F)n1)N(C(=O)C(F)(F)F)C1CC1. The Hall–Kier alpha value is -2.27. The molecular weight excluding hydrogens is 348 g/mol. The summed E-state index contributed by atoms with van der Waals surface area (Å²) in [6, 6.07) is -2.32. The van der Waals surface area contributed by atoms with E-state index in [0.717, 1.165) is 6.20 Å². The lowest BCUT2D eigenvalue weighted by Gasteiger charge is -2.29. The minimum Gasteiger partial charge on any atom is -0.480 e. The first-order chi connectivity index (χ1) is 10.9. The lowest BCUT2D eigenvalue weighted by Crippen LogP contribution is -2.53. The van der Waals surface area contributed by atoms with Crippen molar-refractivity contribution in [2.45, 2.75) is 43.8 Å². The van der Waals surface area contributed by atoms with Crippen molar-refractivity contribution < 1.29 is 41.0 Å². The molecule has 0 aliphatic heterocycles. The number of halogens is 6. The monoisotopic (exact) mass is 359 g/mol. The fraction of sp³-hybridized carbons (Fsp3) is 0.583. The van der Waals surface area contributed by atoms with Crippen LogP contribution in [-0.4, -0.2) is 49.9 Å². The van der Waals surface area contributed by atoms with Crippen molar-refractivity contribution in [3.05, 3.63) is 18.0 Å². The van der Waals surface area contributed by atoms with E-state index >= 15 is 0 Å². The number of carboxylic acids is 1. The largest absolute Gasteiger partial charge is 0.480 e. The number of aliphatic carboxylic acids is 1. The van der Waals surface area contributed by atoms with Crippen LogP contribution in [0.15, 0.2) is 12.3 Å². The van der Waals surface area contributed by atoms with Crippen LogP contribution >= 0.6 is 0 Å². The van der Waals surface area contributed by atoms with E-state index in [-0.39, 0.29) is 17.7 Å². The summed E-state index contributed by atoms with van der Waals surface area (Å²) in [5, 5.41) is 12.2. The Balaban J connectivity index is 2.26. The van der Waals surface area contributed by atoms with Gasteiger partial charge in [-0.3, -0.25) is 9.48 Å². The van der Waals surface area contributed by atoms with E-state index in [4.69, 9.17) is 5.11 Å². The van der Waals surface area contributed by atoms with Crippen molar-refractivity contribution in [1.29, 1.82) is 0 Å². The average molecular weight is 359 g/mol. The molecule has 1 amide bonds. The quantitative estimate of drug-likeness (QED) is 0.815. The third-order valence-electron chi connectivity index (χ3n) is 3.33. The Bertz CT molecular complexity index is 635. The molecular formula is C12H11F6N3O3. The number of carboxylic acid groups (broad SMARTS) is 1. The first-order valence-electron chi connectivity index (χ1n) is 6.64. The van der Waals surface area contributed by atoms with Crippen LogP contribution in [-0.2, 0) is 22.3 Å². The molecule has 24 heavy (non-hydrogen) atoms. The van der Waals surface area contributed by atoms with E-state index < -0.39 is 48.6 Å². The summed E-state index contributed by atoms with van der Waals surface area (Å²) >= 11 is 0. The van der Waals surface area contributed by atoms with Crippen molar-refractivity contribution in [2.24, 2.45) is 0 Å². The Morgan fingerprint density at radius 2 is 1.88 bits per heavy atom. The third-order valence-corrected chi connectivity index (χ3v) is 3.33. The van der Waals surface area contributed by atoms with Gasteiger partial charge in [0.1, 0.15) is 6.04 Å². The number of rotatable bonds is 5. The third kappa shape index (κ3) is 3.97. The fourth-order valence-corrected chi connectivity index (χ4v) is 2.14. The molecule has 6 nitrogen and oxygen atoms in total. The first kappa shape index (κ1) is 18.1. The summed E-state index contributed by atoms with van der Waals surface area (Å²) in [6.45, 7) is -0.830. The van der Waals surface area contributed by atoms with Crippen molar-refractivity contribution in [3.63, 3.8) is 0 Å². The Morgan fingerprint density at radius 3 is 2.25 bits per heavy atom. The molecule has 1 aromatic rings. The maximum absolute atomic E-state index is 12.7. The van der Waals surface area contributed by atoms with Crippen LogP contribution in [0.4, 0.5) is 26.3 Å². The van der Waals surface area contributed by atoms with Gasteiger partial charge in [0.2, 0.25) is 0 Å². The first-order valence-corrected chi connectivity index (χ1v) is 6.64. The van der Waals surface area contributed by atoms with Crippen molar-refractivity contribution in [3.8, 4) is 0 Å². The summed E-state index contributed by atoms with van der Waals surface area (Å²) in [5.41, 5.74) is -1.31. The Labute approximate surface area is 130 Å². The second kappa shape index (κ2) is 5.98. The molecule has 1 aliphatic rings. The van der Waals surface area contributed by atoms with Gasteiger partial charge in [-0.15, -0.1) is 0 Å². The fourth-order valence-electron chi connectivity index (χ4n) is 2.14. The molecule has 1 aromatic heterocycles. The molecule has 0 saturated heterocycles.